The van der Waals surface area contributed by atoms with Gasteiger partial charge in [-0.1, -0.05) is 0 Å². The van der Waals surface area contributed by atoms with Crippen molar-refractivity contribution in [3.8, 4) is 0 Å². The van der Waals surface area contributed by atoms with Gasteiger partial charge in [0.2, 0.25) is 5.95 Å². The monoisotopic (exact) mass is 379 g/mol. The van der Waals surface area contributed by atoms with Crippen LogP contribution >= 0.6 is 0 Å². The summed E-state index contributed by atoms with van der Waals surface area (Å²) in [6, 6.07) is -3.95. The van der Waals surface area contributed by atoms with Crippen LogP contribution in [-0.2, 0) is 17.0 Å². The number of aromatic nitrogens is 4. The van der Waals surface area contributed by atoms with Crippen LogP contribution in [0.15, 0.2) is 12.4 Å². The number of anilines is 3. The summed E-state index contributed by atoms with van der Waals surface area (Å²) in [4.78, 5) is 18.4. The van der Waals surface area contributed by atoms with Gasteiger partial charge >= 0.3 is 18.1 Å². The van der Waals surface area contributed by atoms with Crippen LogP contribution in [0.1, 0.15) is 11.3 Å². The van der Waals surface area contributed by atoms with E-state index in [0.717, 1.165) is 13.2 Å². The van der Waals surface area contributed by atoms with Crippen LogP contribution in [0.3, 0.4) is 0 Å². The second-order valence-electron chi connectivity index (χ2n) is 5.02. The third-order valence-corrected chi connectivity index (χ3v) is 3.26. The third kappa shape index (κ3) is 3.65. The Morgan fingerprint density at radius 3 is 2.38 bits per heavy atom. The molecule has 2 heterocycles. The van der Waals surface area contributed by atoms with Crippen molar-refractivity contribution in [2.45, 2.75) is 19.1 Å². The first-order valence-electron chi connectivity index (χ1n) is 7.06. The molecule has 142 valence electrons. The molecule has 0 atom stereocenters. The largest absolute Gasteiger partial charge is 0.422 e. The molecule has 3 N–H and O–H groups in total. The van der Waals surface area contributed by atoms with Crippen LogP contribution in [0.4, 0.5) is 39.4 Å². The predicted molar refractivity (Wildman–Crippen MR) is 81.1 cm³/mol. The number of alkyl halides is 5. The van der Waals surface area contributed by atoms with Crippen molar-refractivity contribution in [1.82, 2.24) is 25.1 Å². The molecule has 0 aromatic carbocycles. The standard InChI is InChI=1S/C13H14F5N7O/c1-6-8(5-25(24-6)13(17,18)10(26)20-3)22-11-21-4-7(12(14,15)16)9(19-2)23-11/h4-5H,1-3H3,(H,20,26)(H2,19,21,22,23). The average molecular weight is 379 g/mol. The molecule has 0 aliphatic heterocycles. The van der Waals surface area contributed by atoms with Gasteiger partial charge in [0.05, 0.1) is 17.6 Å². The maximum atomic E-state index is 13.9. The molecular formula is C13H14F5N7O. The first-order chi connectivity index (χ1) is 12.0. The molecule has 0 aliphatic carbocycles. The third-order valence-electron chi connectivity index (χ3n) is 3.26. The van der Waals surface area contributed by atoms with E-state index in [-0.39, 0.29) is 22.0 Å². The van der Waals surface area contributed by atoms with Crippen molar-refractivity contribution < 1.29 is 26.7 Å². The van der Waals surface area contributed by atoms with Gasteiger partial charge in [0.15, 0.2) is 0 Å². The molecule has 0 saturated carbocycles. The van der Waals surface area contributed by atoms with Crippen LogP contribution in [-0.4, -0.2) is 39.8 Å². The highest BCUT2D eigenvalue weighted by Gasteiger charge is 2.42. The normalized spacial score (nSPS) is 12.0. The van der Waals surface area contributed by atoms with Gasteiger partial charge in [-0.15, -0.1) is 0 Å². The van der Waals surface area contributed by atoms with Gasteiger partial charge in [-0.05, 0) is 6.92 Å². The lowest BCUT2D eigenvalue weighted by molar-refractivity contribution is -0.162. The molecule has 0 aliphatic rings. The fraction of sp³-hybridized carbons (Fsp3) is 0.385. The molecule has 2 aromatic rings. The van der Waals surface area contributed by atoms with Crippen molar-refractivity contribution in [2.24, 2.45) is 0 Å². The minimum absolute atomic E-state index is 0.00427. The molecule has 13 heteroatoms. The lowest BCUT2D eigenvalue weighted by Crippen LogP contribution is -2.41. The summed E-state index contributed by atoms with van der Waals surface area (Å²) in [6.45, 7) is 1.36. The van der Waals surface area contributed by atoms with E-state index in [4.69, 9.17) is 0 Å². The number of halogens is 5. The Morgan fingerprint density at radius 2 is 1.85 bits per heavy atom. The maximum Gasteiger partial charge on any atom is 0.422 e. The van der Waals surface area contributed by atoms with Crippen molar-refractivity contribution in [3.05, 3.63) is 23.7 Å². The predicted octanol–water partition coefficient (Wildman–Crippen LogP) is 2.08. The lowest BCUT2D eigenvalue weighted by atomic mass is 10.3. The van der Waals surface area contributed by atoms with E-state index in [1.165, 1.54) is 14.0 Å². The quantitative estimate of drug-likeness (QED) is 0.689. The minimum atomic E-state index is -4.66. The summed E-state index contributed by atoms with van der Waals surface area (Å²) in [7, 11) is 2.29. The van der Waals surface area contributed by atoms with Crippen LogP contribution in [0, 0.1) is 6.92 Å². The van der Waals surface area contributed by atoms with Gasteiger partial charge in [0.25, 0.3) is 0 Å². The van der Waals surface area contributed by atoms with Gasteiger partial charge in [0.1, 0.15) is 11.4 Å². The van der Waals surface area contributed by atoms with Gasteiger partial charge < -0.3 is 16.0 Å². The number of nitrogens with zero attached hydrogens (tertiary/aromatic N) is 4. The number of likely N-dealkylation sites (N-methyl/N-ethyl adjacent to an activating group) is 1. The Bertz CT molecular complexity index is 818. The number of carbonyl (C=O) groups is 1. The van der Waals surface area contributed by atoms with Crippen LogP contribution in [0.2, 0.25) is 0 Å². The van der Waals surface area contributed by atoms with E-state index in [2.05, 4.69) is 25.7 Å². The van der Waals surface area contributed by atoms with E-state index in [0.29, 0.717) is 6.20 Å². The smallest absolute Gasteiger partial charge is 0.372 e. The summed E-state index contributed by atoms with van der Waals surface area (Å²) in [5, 5.41) is 10.1. The Kier molecular flexibility index (Phi) is 5.00. The molecule has 1 amide bonds. The Labute approximate surface area is 143 Å². The van der Waals surface area contributed by atoms with Gasteiger partial charge in [-0.3, -0.25) is 4.79 Å². The second-order valence-corrected chi connectivity index (χ2v) is 5.02. The fourth-order valence-corrected chi connectivity index (χ4v) is 1.94. The van der Waals surface area contributed by atoms with Crippen molar-refractivity contribution in [3.63, 3.8) is 0 Å². The number of nitrogens with one attached hydrogen (secondary N) is 3. The topological polar surface area (TPSA) is 96.8 Å². The Morgan fingerprint density at radius 1 is 1.19 bits per heavy atom. The molecule has 0 saturated heterocycles. The van der Waals surface area contributed by atoms with Crippen LogP contribution in [0.5, 0.6) is 0 Å². The van der Waals surface area contributed by atoms with Crippen molar-refractivity contribution >= 4 is 23.4 Å². The molecule has 0 fully saturated rings. The molecule has 8 nitrogen and oxygen atoms in total. The van der Waals surface area contributed by atoms with Gasteiger partial charge in [-0.25, -0.2) is 4.98 Å². The number of aryl methyl sites for hydroxylation is 1. The summed E-state index contributed by atoms with van der Waals surface area (Å²) in [5.74, 6) is -2.33. The van der Waals surface area contributed by atoms with Crippen molar-refractivity contribution in [2.75, 3.05) is 24.7 Å². The molecule has 0 radical (unpaired) electrons. The minimum Gasteiger partial charge on any atom is -0.372 e. The fourth-order valence-electron chi connectivity index (χ4n) is 1.94. The van der Waals surface area contributed by atoms with E-state index < -0.39 is 29.5 Å². The second kappa shape index (κ2) is 6.72. The number of rotatable bonds is 5. The summed E-state index contributed by atoms with van der Waals surface area (Å²) < 4.78 is 66.4. The van der Waals surface area contributed by atoms with E-state index in [1.807, 2.05) is 5.32 Å². The van der Waals surface area contributed by atoms with Gasteiger partial charge in [-0.2, -0.15) is 36.7 Å². The van der Waals surface area contributed by atoms with Crippen LogP contribution in [0.25, 0.3) is 0 Å². The zero-order chi connectivity index (χ0) is 19.7. The zero-order valence-corrected chi connectivity index (χ0v) is 13.7. The SMILES string of the molecule is CNC(=O)C(F)(F)n1cc(Nc2ncc(C(F)(F)F)c(NC)n2)c(C)n1. The molecule has 0 spiro atoms. The van der Waals surface area contributed by atoms with E-state index in [9.17, 15) is 26.7 Å². The molecule has 2 aromatic heterocycles. The molecular weight excluding hydrogens is 365 g/mol. The molecule has 26 heavy (non-hydrogen) atoms. The highest BCUT2D eigenvalue weighted by molar-refractivity contribution is 5.81. The zero-order valence-electron chi connectivity index (χ0n) is 13.7. The number of carbonyl (C=O) groups excluding carboxylic acids is 1. The van der Waals surface area contributed by atoms with Crippen molar-refractivity contribution in [1.29, 1.82) is 0 Å². The number of hydrogen-bond acceptors (Lipinski definition) is 6. The van der Waals surface area contributed by atoms with Crippen LogP contribution < -0.4 is 16.0 Å². The Balaban J connectivity index is 2.34. The lowest BCUT2D eigenvalue weighted by Gasteiger charge is -2.14. The van der Waals surface area contributed by atoms with E-state index in [1.54, 1.807) is 0 Å². The summed E-state index contributed by atoms with van der Waals surface area (Å²) in [6.07, 6.45) is -3.28. The Hall–Kier alpha value is -2.99. The van der Waals surface area contributed by atoms with Gasteiger partial charge in [0, 0.05) is 20.3 Å². The number of hydrogen-bond donors (Lipinski definition) is 3. The maximum absolute atomic E-state index is 13.9. The average Bonchev–Trinajstić information content (AvgIpc) is 2.94. The summed E-state index contributed by atoms with van der Waals surface area (Å²) in [5.41, 5.74) is -1.03. The first-order valence-corrected chi connectivity index (χ1v) is 7.06. The molecule has 0 bridgehead atoms. The van der Waals surface area contributed by atoms with E-state index >= 15 is 0 Å². The molecule has 2 rings (SSSR count). The highest BCUT2D eigenvalue weighted by atomic mass is 19.4. The number of amides is 1. The first kappa shape index (κ1) is 19.3. The highest BCUT2D eigenvalue weighted by Crippen LogP contribution is 2.34. The summed E-state index contributed by atoms with van der Waals surface area (Å²) >= 11 is 0. The molecule has 0 unspecified atom stereocenters.